The van der Waals surface area contributed by atoms with E-state index in [2.05, 4.69) is 25.5 Å². The smallest absolute Gasteiger partial charge is 0.261 e. The van der Waals surface area contributed by atoms with Crippen molar-refractivity contribution < 1.29 is 8.42 Å². The summed E-state index contributed by atoms with van der Waals surface area (Å²) in [5, 5.41) is 0. The molecule has 112 valence electrons. The minimum absolute atomic E-state index is 0.0803. The average molecular weight is 321 g/mol. The van der Waals surface area contributed by atoms with Gasteiger partial charge in [-0.2, -0.15) is 0 Å². The molecule has 1 N–H and O–H groups in total. The lowest BCUT2D eigenvalue weighted by atomic mass is 10.3. The van der Waals surface area contributed by atoms with Gasteiger partial charge in [-0.25, -0.2) is 8.42 Å². The second-order valence-corrected chi connectivity index (χ2v) is 9.24. The number of nitrogens with one attached hydrogen (secondary N) is 1. The first-order valence-electron chi connectivity index (χ1n) is 6.63. The van der Waals surface area contributed by atoms with Crippen molar-refractivity contribution in [2.24, 2.45) is 0 Å². The Hall–Kier alpha value is -1.46. The molecule has 0 unspecified atom stereocenters. The molecule has 0 fully saturated rings. The van der Waals surface area contributed by atoms with E-state index in [1.807, 2.05) is 18.2 Å². The molecular formula is C16H19NO2S2. The molecule has 0 heterocycles. The lowest BCUT2D eigenvalue weighted by Gasteiger charge is -2.18. The topological polar surface area (TPSA) is 46.2 Å². The van der Waals surface area contributed by atoms with Crippen LogP contribution >= 0.6 is 11.8 Å². The van der Waals surface area contributed by atoms with Crippen LogP contribution in [0.2, 0.25) is 0 Å². The van der Waals surface area contributed by atoms with Gasteiger partial charge in [0, 0.05) is 15.3 Å². The van der Waals surface area contributed by atoms with Crippen molar-refractivity contribution in [1.82, 2.24) is 0 Å². The van der Waals surface area contributed by atoms with Crippen LogP contribution in [0.15, 0.2) is 64.4 Å². The zero-order valence-corrected chi connectivity index (χ0v) is 14.0. The van der Waals surface area contributed by atoms with E-state index in [9.17, 15) is 8.42 Å². The molecule has 0 amide bonds. The molecule has 2 aromatic carbocycles. The minimum Gasteiger partial charge on any atom is -0.280 e. The Morgan fingerprint density at radius 2 is 1.62 bits per heavy atom. The van der Waals surface area contributed by atoms with Crippen LogP contribution in [0.1, 0.15) is 20.8 Å². The van der Waals surface area contributed by atoms with Crippen LogP contribution in [0.25, 0.3) is 0 Å². The van der Waals surface area contributed by atoms with Crippen molar-refractivity contribution in [1.29, 1.82) is 0 Å². The number of rotatable bonds is 4. The maximum atomic E-state index is 12.3. The van der Waals surface area contributed by atoms with Crippen molar-refractivity contribution >= 4 is 27.5 Å². The average Bonchev–Trinajstić information content (AvgIpc) is 2.37. The molecule has 5 heteroatoms. The van der Waals surface area contributed by atoms with Crippen molar-refractivity contribution in [2.75, 3.05) is 4.72 Å². The molecule has 0 saturated heterocycles. The van der Waals surface area contributed by atoms with E-state index in [-0.39, 0.29) is 9.64 Å². The Morgan fingerprint density at radius 3 is 2.24 bits per heavy atom. The van der Waals surface area contributed by atoms with Crippen LogP contribution in [0.3, 0.4) is 0 Å². The van der Waals surface area contributed by atoms with Gasteiger partial charge in [0.1, 0.15) is 0 Å². The maximum Gasteiger partial charge on any atom is 0.261 e. The van der Waals surface area contributed by atoms with E-state index in [0.717, 1.165) is 4.90 Å². The quantitative estimate of drug-likeness (QED) is 0.850. The Morgan fingerprint density at radius 1 is 0.952 bits per heavy atom. The molecule has 3 nitrogen and oxygen atoms in total. The lowest BCUT2D eigenvalue weighted by Crippen LogP contribution is -2.13. The largest absolute Gasteiger partial charge is 0.280 e. The monoisotopic (exact) mass is 321 g/mol. The molecule has 0 saturated carbocycles. The molecule has 0 aliphatic rings. The number of hydrogen-bond acceptors (Lipinski definition) is 3. The highest BCUT2D eigenvalue weighted by molar-refractivity contribution is 8.00. The number of hydrogen-bond donors (Lipinski definition) is 1. The molecule has 2 rings (SSSR count). The van der Waals surface area contributed by atoms with Gasteiger partial charge in [-0.3, -0.25) is 4.72 Å². The summed E-state index contributed by atoms with van der Waals surface area (Å²) in [7, 11) is -3.53. The summed E-state index contributed by atoms with van der Waals surface area (Å²) in [6.07, 6.45) is 0. The normalized spacial score (nSPS) is 12.1. The molecule has 0 aliphatic heterocycles. The second kappa shape index (κ2) is 6.12. The van der Waals surface area contributed by atoms with Crippen molar-refractivity contribution in [3.63, 3.8) is 0 Å². The molecule has 0 atom stereocenters. The minimum atomic E-state index is -3.53. The summed E-state index contributed by atoms with van der Waals surface area (Å²) in [4.78, 5) is 1.30. The van der Waals surface area contributed by atoms with Gasteiger partial charge in [0.25, 0.3) is 10.0 Å². The van der Waals surface area contributed by atoms with E-state index in [1.165, 1.54) is 0 Å². The van der Waals surface area contributed by atoms with Crippen LogP contribution in [0.4, 0.5) is 5.69 Å². The zero-order valence-electron chi connectivity index (χ0n) is 12.3. The standard InChI is InChI=1S/C16H19NO2S2/c1-16(2,3)20-14-9-7-8-13(12-14)17-21(18,19)15-10-5-4-6-11-15/h4-12,17H,1-3H3. The fraction of sp³-hybridized carbons (Fsp3) is 0.250. The lowest BCUT2D eigenvalue weighted by molar-refractivity contribution is 0.601. The van der Waals surface area contributed by atoms with Gasteiger partial charge in [0.15, 0.2) is 0 Å². The summed E-state index contributed by atoms with van der Waals surface area (Å²) >= 11 is 1.70. The van der Waals surface area contributed by atoms with Crippen LogP contribution in [-0.2, 0) is 10.0 Å². The maximum absolute atomic E-state index is 12.3. The molecule has 2 aromatic rings. The first-order valence-corrected chi connectivity index (χ1v) is 8.93. The summed E-state index contributed by atoms with van der Waals surface area (Å²) < 4.78 is 27.3. The highest BCUT2D eigenvalue weighted by atomic mass is 32.2. The van der Waals surface area contributed by atoms with Gasteiger partial charge in [-0.1, -0.05) is 45.0 Å². The molecule has 0 aromatic heterocycles. The summed E-state index contributed by atoms with van der Waals surface area (Å²) in [5.74, 6) is 0. The first kappa shape index (κ1) is 15.9. The van der Waals surface area contributed by atoms with Crippen LogP contribution in [-0.4, -0.2) is 13.2 Å². The summed E-state index contributed by atoms with van der Waals surface area (Å²) in [6, 6.07) is 15.8. The van der Waals surface area contributed by atoms with Crippen LogP contribution in [0.5, 0.6) is 0 Å². The van der Waals surface area contributed by atoms with Crippen molar-refractivity contribution in [3.05, 3.63) is 54.6 Å². The van der Waals surface area contributed by atoms with E-state index in [0.29, 0.717) is 5.69 Å². The third-order valence-electron chi connectivity index (χ3n) is 2.56. The summed E-state index contributed by atoms with van der Waals surface area (Å²) in [5.41, 5.74) is 0.577. The Labute approximate surface area is 130 Å². The van der Waals surface area contributed by atoms with Gasteiger partial charge in [0.2, 0.25) is 0 Å². The fourth-order valence-electron chi connectivity index (χ4n) is 1.79. The number of anilines is 1. The highest BCUT2D eigenvalue weighted by Crippen LogP contribution is 2.33. The number of thioether (sulfide) groups is 1. The van der Waals surface area contributed by atoms with Gasteiger partial charge in [-0.15, -0.1) is 11.8 Å². The van der Waals surface area contributed by atoms with Crippen molar-refractivity contribution in [3.8, 4) is 0 Å². The SMILES string of the molecule is CC(C)(C)Sc1cccc(NS(=O)(=O)c2ccccc2)c1. The van der Waals surface area contributed by atoms with Gasteiger partial charge < -0.3 is 0 Å². The van der Waals surface area contributed by atoms with E-state index in [1.54, 1.807) is 48.2 Å². The Bertz CT molecular complexity index is 705. The highest BCUT2D eigenvalue weighted by Gasteiger charge is 2.15. The molecule has 21 heavy (non-hydrogen) atoms. The van der Waals surface area contributed by atoms with Crippen LogP contribution < -0.4 is 4.72 Å². The van der Waals surface area contributed by atoms with Gasteiger partial charge in [0.05, 0.1) is 4.90 Å². The number of benzene rings is 2. The van der Waals surface area contributed by atoms with E-state index >= 15 is 0 Å². The van der Waals surface area contributed by atoms with E-state index < -0.39 is 10.0 Å². The number of sulfonamides is 1. The second-order valence-electron chi connectivity index (χ2n) is 5.66. The third-order valence-corrected chi connectivity index (χ3v) is 5.06. The summed E-state index contributed by atoms with van der Waals surface area (Å²) in [6.45, 7) is 6.37. The molecule has 0 radical (unpaired) electrons. The predicted octanol–water partition coefficient (Wildman–Crippen LogP) is 4.38. The third kappa shape index (κ3) is 4.79. The molecule has 0 aliphatic carbocycles. The zero-order chi connectivity index (χ0) is 15.5. The van der Waals surface area contributed by atoms with Gasteiger partial charge in [-0.05, 0) is 30.3 Å². The molecule has 0 spiro atoms. The predicted molar refractivity (Wildman–Crippen MR) is 89.3 cm³/mol. The van der Waals surface area contributed by atoms with Crippen LogP contribution in [0, 0.1) is 0 Å². The first-order chi connectivity index (χ1) is 9.76. The Balaban J connectivity index is 2.22. The van der Waals surface area contributed by atoms with E-state index in [4.69, 9.17) is 0 Å². The Kier molecular flexibility index (Phi) is 4.64. The fourth-order valence-corrected chi connectivity index (χ4v) is 3.90. The van der Waals surface area contributed by atoms with Gasteiger partial charge >= 0.3 is 0 Å². The van der Waals surface area contributed by atoms with Crippen molar-refractivity contribution in [2.45, 2.75) is 35.3 Å². The molecule has 0 bridgehead atoms. The molecular weight excluding hydrogens is 302 g/mol.